The summed E-state index contributed by atoms with van der Waals surface area (Å²) in [6.07, 6.45) is 0. The van der Waals surface area contributed by atoms with Crippen LogP contribution in [0.3, 0.4) is 0 Å². The van der Waals surface area contributed by atoms with E-state index in [-0.39, 0.29) is 22.9 Å². The Hall–Kier alpha value is -4.19. The molecule has 0 aliphatic carbocycles. The van der Waals surface area contributed by atoms with Gasteiger partial charge in [-0.05, 0) is 42.8 Å². The molecule has 0 spiro atoms. The van der Waals surface area contributed by atoms with E-state index in [9.17, 15) is 14.4 Å². The summed E-state index contributed by atoms with van der Waals surface area (Å²) in [5.74, 6) is -0.806. The second-order valence-electron chi connectivity index (χ2n) is 7.01. The first-order chi connectivity index (χ1) is 15.0. The van der Waals surface area contributed by atoms with E-state index in [1.807, 2.05) is 37.3 Å². The first-order valence-corrected chi connectivity index (χ1v) is 9.72. The molecule has 1 unspecified atom stereocenters. The van der Waals surface area contributed by atoms with Crippen molar-refractivity contribution in [2.24, 2.45) is 0 Å². The highest BCUT2D eigenvalue weighted by molar-refractivity contribution is 5.97. The molecular formula is C25H19NO5. The van der Waals surface area contributed by atoms with E-state index >= 15 is 0 Å². The van der Waals surface area contributed by atoms with E-state index in [4.69, 9.17) is 9.15 Å². The fourth-order valence-corrected chi connectivity index (χ4v) is 3.15. The average Bonchev–Trinajstić information content (AvgIpc) is 2.79. The van der Waals surface area contributed by atoms with Crippen LogP contribution >= 0.6 is 0 Å². The number of hydrogen-bond donors (Lipinski definition) is 1. The lowest BCUT2D eigenvalue weighted by Crippen LogP contribution is -2.30. The smallest absolute Gasteiger partial charge is 0.349 e. The molecule has 31 heavy (non-hydrogen) atoms. The minimum atomic E-state index is -0.767. The maximum atomic E-state index is 12.6. The van der Waals surface area contributed by atoms with E-state index in [2.05, 4.69) is 5.32 Å². The molecule has 154 valence electrons. The van der Waals surface area contributed by atoms with Crippen LogP contribution in [0.5, 0.6) is 5.75 Å². The lowest BCUT2D eigenvalue weighted by Gasteiger charge is -2.14. The van der Waals surface area contributed by atoms with Gasteiger partial charge < -0.3 is 14.5 Å². The summed E-state index contributed by atoms with van der Waals surface area (Å²) in [5, 5.41) is 3.34. The van der Waals surface area contributed by atoms with Crippen LogP contribution in [0.15, 0.2) is 94.1 Å². The molecule has 6 heteroatoms. The zero-order chi connectivity index (χ0) is 21.8. The monoisotopic (exact) mass is 413 g/mol. The number of carbonyl (C=O) groups excluding carboxylic acids is 2. The van der Waals surface area contributed by atoms with Crippen LogP contribution in [0.4, 0.5) is 0 Å². The van der Waals surface area contributed by atoms with Gasteiger partial charge in [0.2, 0.25) is 0 Å². The molecule has 1 aromatic heterocycles. The Morgan fingerprint density at radius 2 is 1.58 bits per heavy atom. The van der Waals surface area contributed by atoms with E-state index in [0.717, 1.165) is 5.56 Å². The van der Waals surface area contributed by atoms with Gasteiger partial charge in [-0.1, -0.05) is 48.5 Å². The van der Waals surface area contributed by atoms with Gasteiger partial charge in [-0.25, -0.2) is 9.59 Å². The standard InChI is InChI=1S/C25H19NO5/c1-16(17-8-4-2-5-9-17)26-23(27)21-14-19-12-13-20(15-22(19)31-25(21)29)30-24(28)18-10-6-3-7-11-18/h2-16H,1H3,(H,26,27). The SMILES string of the molecule is CC(NC(=O)c1cc2ccc(OC(=O)c3ccccc3)cc2oc1=O)c1ccccc1. The quantitative estimate of drug-likeness (QED) is 0.296. The van der Waals surface area contributed by atoms with Gasteiger partial charge in [0.15, 0.2) is 0 Å². The number of carbonyl (C=O) groups is 2. The van der Waals surface area contributed by atoms with Gasteiger partial charge in [-0.2, -0.15) is 0 Å². The molecular weight excluding hydrogens is 394 g/mol. The lowest BCUT2D eigenvalue weighted by atomic mass is 10.1. The number of fused-ring (bicyclic) bond motifs is 1. The van der Waals surface area contributed by atoms with Gasteiger partial charge in [0.25, 0.3) is 5.91 Å². The van der Waals surface area contributed by atoms with Crippen molar-refractivity contribution in [2.75, 3.05) is 0 Å². The maximum Gasteiger partial charge on any atom is 0.349 e. The normalized spacial score (nSPS) is 11.6. The zero-order valence-electron chi connectivity index (χ0n) is 16.7. The Morgan fingerprint density at radius 3 is 2.29 bits per heavy atom. The largest absolute Gasteiger partial charge is 0.423 e. The van der Waals surface area contributed by atoms with Crippen molar-refractivity contribution in [2.45, 2.75) is 13.0 Å². The fourth-order valence-electron chi connectivity index (χ4n) is 3.15. The average molecular weight is 413 g/mol. The molecule has 0 radical (unpaired) electrons. The predicted molar refractivity (Wildman–Crippen MR) is 116 cm³/mol. The molecule has 0 saturated carbocycles. The Bertz CT molecular complexity index is 1300. The molecule has 0 aliphatic rings. The van der Waals surface area contributed by atoms with E-state index < -0.39 is 17.5 Å². The summed E-state index contributed by atoms with van der Waals surface area (Å²) < 4.78 is 10.7. The molecule has 1 atom stereocenters. The topological polar surface area (TPSA) is 85.6 Å². The third kappa shape index (κ3) is 4.53. The van der Waals surface area contributed by atoms with Crippen LogP contribution in [0.25, 0.3) is 11.0 Å². The second-order valence-corrected chi connectivity index (χ2v) is 7.01. The van der Waals surface area contributed by atoms with Crippen molar-refractivity contribution in [3.8, 4) is 5.75 Å². The maximum absolute atomic E-state index is 12.6. The van der Waals surface area contributed by atoms with Gasteiger partial charge in [0, 0.05) is 11.5 Å². The Morgan fingerprint density at radius 1 is 0.903 bits per heavy atom. The molecule has 4 rings (SSSR count). The van der Waals surface area contributed by atoms with Gasteiger partial charge in [-0.3, -0.25) is 4.79 Å². The number of benzene rings is 3. The molecule has 6 nitrogen and oxygen atoms in total. The number of nitrogens with one attached hydrogen (secondary N) is 1. The third-order valence-corrected chi connectivity index (χ3v) is 4.82. The number of esters is 1. The molecule has 4 aromatic rings. The second kappa shape index (κ2) is 8.67. The van der Waals surface area contributed by atoms with Gasteiger partial charge in [-0.15, -0.1) is 0 Å². The fraction of sp³-hybridized carbons (Fsp3) is 0.0800. The van der Waals surface area contributed by atoms with E-state index in [0.29, 0.717) is 10.9 Å². The molecule has 1 heterocycles. The highest BCUT2D eigenvalue weighted by Crippen LogP contribution is 2.22. The molecule has 1 N–H and O–H groups in total. The van der Waals surface area contributed by atoms with Crippen LogP contribution in [0.1, 0.15) is 39.2 Å². The summed E-state index contributed by atoms with van der Waals surface area (Å²) in [7, 11) is 0. The lowest BCUT2D eigenvalue weighted by molar-refractivity contribution is 0.0734. The van der Waals surface area contributed by atoms with Crippen LogP contribution < -0.4 is 15.7 Å². The van der Waals surface area contributed by atoms with E-state index in [1.165, 1.54) is 12.1 Å². The van der Waals surface area contributed by atoms with Gasteiger partial charge in [0.1, 0.15) is 16.9 Å². The number of hydrogen-bond acceptors (Lipinski definition) is 5. The minimum Gasteiger partial charge on any atom is -0.423 e. The molecule has 0 aliphatic heterocycles. The van der Waals surface area contributed by atoms with Crippen molar-refractivity contribution in [3.63, 3.8) is 0 Å². The molecule has 1 amide bonds. The molecule has 3 aromatic carbocycles. The minimum absolute atomic E-state index is 0.0932. The number of ether oxygens (including phenoxy) is 1. The Labute approximate surface area is 178 Å². The third-order valence-electron chi connectivity index (χ3n) is 4.82. The van der Waals surface area contributed by atoms with Crippen LogP contribution in [-0.2, 0) is 0 Å². The van der Waals surface area contributed by atoms with Crippen molar-refractivity contribution in [1.82, 2.24) is 5.32 Å². The zero-order valence-corrected chi connectivity index (χ0v) is 16.7. The van der Waals surface area contributed by atoms with Crippen LogP contribution in [0, 0.1) is 0 Å². The highest BCUT2D eigenvalue weighted by Gasteiger charge is 2.17. The highest BCUT2D eigenvalue weighted by atomic mass is 16.5. The van der Waals surface area contributed by atoms with Crippen molar-refractivity contribution in [1.29, 1.82) is 0 Å². The first kappa shape index (κ1) is 20.1. The summed E-state index contributed by atoms with van der Waals surface area (Å²) in [5.41, 5.74) is 0.687. The molecule has 0 fully saturated rings. The van der Waals surface area contributed by atoms with Gasteiger partial charge in [0.05, 0.1) is 11.6 Å². The van der Waals surface area contributed by atoms with Crippen molar-refractivity contribution >= 4 is 22.8 Å². The summed E-state index contributed by atoms with van der Waals surface area (Å²) in [6.45, 7) is 1.84. The number of rotatable bonds is 5. The summed E-state index contributed by atoms with van der Waals surface area (Å²) in [6, 6.07) is 23.9. The summed E-state index contributed by atoms with van der Waals surface area (Å²) >= 11 is 0. The van der Waals surface area contributed by atoms with Crippen LogP contribution in [-0.4, -0.2) is 11.9 Å². The molecule has 0 bridgehead atoms. The Kier molecular flexibility index (Phi) is 5.62. The predicted octanol–water partition coefficient (Wildman–Crippen LogP) is 4.50. The summed E-state index contributed by atoms with van der Waals surface area (Å²) in [4.78, 5) is 37.2. The number of amides is 1. The Balaban J connectivity index is 1.55. The van der Waals surface area contributed by atoms with Gasteiger partial charge >= 0.3 is 11.6 Å². The van der Waals surface area contributed by atoms with E-state index in [1.54, 1.807) is 42.5 Å². The van der Waals surface area contributed by atoms with Crippen LogP contribution in [0.2, 0.25) is 0 Å². The van der Waals surface area contributed by atoms with Crippen molar-refractivity contribution in [3.05, 3.63) is 112 Å². The van der Waals surface area contributed by atoms with Crippen molar-refractivity contribution < 1.29 is 18.7 Å². The molecule has 0 saturated heterocycles. The first-order valence-electron chi connectivity index (χ1n) is 9.72.